The van der Waals surface area contributed by atoms with Gasteiger partial charge in [0.15, 0.2) is 0 Å². The molecule has 0 aliphatic heterocycles. The molecule has 2 nitrogen and oxygen atoms in total. The van der Waals surface area contributed by atoms with Crippen molar-refractivity contribution in [1.29, 1.82) is 0 Å². The predicted molar refractivity (Wildman–Crippen MR) is 221 cm³/mol. The maximum absolute atomic E-state index is 5.03. The largest absolute Gasteiger partial charge is 0.254 e. The Hall–Kier alpha value is -6.90. The van der Waals surface area contributed by atoms with Crippen molar-refractivity contribution in [2.45, 2.75) is 0 Å². The SMILES string of the molecule is c1ccc2cc(-c3ccc4c(-c5cccc6ccccc56)cc5cc(-c6cnc7c(ccc8cccnc87)c6)c6ccccc6c5c4c3)ccc2c1. The monoisotopic (exact) mass is 658 g/mol. The van der Waals surface area contributed by atoms with E-state index in [0.717, 1.165) is 27.4 Å². The van der Waals surface area contributed by atoms with Gasteiger partial charge in [0.05, 0.1) is 11.0 Å². The summed E-state index contributed by atoms with van der Waals surface area (Å²) in [5.74, 6) is 0. The molecule has 0 aliphatic carbocycles. The van der Waals surface area contributed by atoms with Crippen molar-refractivity contribution in [3.63, 3.8) is 0 Å². The lowest BCUT2D eigenvalue weighted by Crippen LogP contribution is -1.92. The molecule has 0 unspecified atom stereocenters. The lowest BCUT2D eigenvalue weighted by atomic mass is 9.85. The first-order chi connectivity index (χ1) is 25.8. The van der Waals surface area contributed by atoms with Crippen LogP contribution in [-0.4, -0.2) is 9.97 Å². The number of hydrogen-bond donors (Lipinski definition) is 0. The number of hydrogen-bond acceptors (Lipinski definition) is 2. The second kappa shape index (κ2) is 11.3. The van der Waals surface area contributed by atoms with Crippen molar-refractivity contribution in [1.82, 2.24) is 9.97 Å². The fraction of sp³-hybridized carbons (Fsp3) is 0. The molecule has 0 atom stereocenters. The summed E-state index contributed by atoms with van der Waals surface area (Å²) in [6.45, 7) is 0. The van der Waals surface area contributed by atoms with Crippen molar-refractivity contribution >= 4 is 75.7 Å². The molecular weight excluding hydrogens is 629 g/mol. The molecule has 0 fully saturated rings. The van der Waals surface area contributed by atoms with Crippen molar-refractivity contribution in [2.24, 2.45) is 0 Å². The third kappa shape index (κ3) is 4.44. The van der Waals surface area contributed by atoms with Gasteiger partial charge in [-0.3, -0.25) is 9.97 Å². The van der Waals surface area contributed by atoms with Gasteiger partial charge in [-0.25, -0.2) is 0 Å². The Morgan fingerprint density at radius 3 is 1.85 bits per heavy atom. The standard InChI is InChI=1S/C50H30N2/c1-2-11-34-25-35(20-18-31(34)9-1)36-22-23-43-46(41-17-7-12-32-10-3-4-14-40(32)41)29-38-28-45(42-15-5-6-16-44(42)48(38)47(43)27-36)39-26-37-21-19-33-13-8-24-51-49(33)50(37)52-30-39/h1-30H. The number of aromatic nitrogens is 2. The molecule has 52 heavy (non-hydrogen) atoms. The third-order valence-electron chi connectivity index (χ3n) is 10.9. The number of rotatable bonds is 3. The normalized spacial score (nSPS) is 11.8. The van der Waals surface area contributed by atoms with E-state index in [9.17, 15) is 0 Å². The molecule has 0 N–H and O–H groups in total. The first kappa shape index (κ1) is 28.9. The average Bonchev–Trinajstić information content (AvgIpc) is 3.22. The second-order valence-electron chi connectivity index (χ2n) is 13.8. The highest BCUT2D eigenvalue weighted by Gasteiger charge is 2.17. The van der Waals surface area contributed by atoms with E-state index < -0.39 is 0 Å². The molecule has 240 valence electrons. The van der Waals surface area contributed by atoms with Gasteiger partial charge >= 0.3 is 0 Å². The second-order valence-corrected chi connectivity index (χ2v) is 13.8. The summed E-state index contributed by atoms with van der Waals surface area (Å²) in [6.07, 6.45) is 3.87. The summed E-state index contributed by atoms with van der Waals surface area (Å²) < 4.78 is 0. The smallest absolute Gasteiger partial charge is 0.0964 e. The molecule has 2 heterocycles. The van der Waals surface area contributed by atoms with Gasteiger partial charge in [0.2, 0.25) is 0 Å². The highest BCUT2D eigenvalue weighted by atomic mass is 14.7. The van der Waals surface area contributed by atoms with E-state index in [4.69, 9.17) is 4.98 Å². The van der Waals surface area contributed by atoms with Gasteiger partial charge in [-0.05, 0) is 118 Å². The fourth-order valence-corrected chi connectivity index (χ4v) is 8.38. The van der Waals surface area contributed by atoms with Crippen LogP contribution in [0.15, 0.2) is 182 Å². The van der Waals surface area contributed by atoms with Gasteiger partial charge in [-0.2, -0.15) is 0 Å². The van der Waals surface area contributed by atoms with Crippen LogP contribution in [0.3, 0.4) is 0 Å². The van der Waals surface area contributed by atoms with E-state index >= 15 is 0 Å². The third-order valence-corrected chi connectivity index (χ3v) is 10.9. The molecule has 0 saturated heterocycles. The summed E-state index contributed by atoms with van der Waals surface area (Å²) in [5, 5.41) is 14.6. The summed E-state index contributed by atoms with van der Waals surface area (Å²) in [7, 11) is 0. The van der Waals surface area contributed by atoms with E-state index in [2.05, 4.69) is 169 Å². The Morgan fingerprint density at radius 1 is 0.288 bits per heavy atom. The van der Waals surface area contributed by atoms with Crippen molar-refractivity contribution in [3.05, 3.63) is 182 Å². The van der Waals surface area contributed by atoms with Crippen LogP contribution < -0.4 is 0 Å². The van der Waals surface area contributed by atoms with Crippen LogP contribution in [0.5, 0.6) is 0 Å². The fourth-order valence-electron chi connectivity index (χ4n) is 8.38. The number of benzene rings is 9. The molecule has 0 saturated carbocycles. The predicted octanol–water partition coefficient (Wildman–Crippen LogP) is 13.5. The Labute approximate surface area is 300 Å². The highest BCUT2D eigenvalue weighted by Crippen LogP contribution is 2.44. The lowest BCUT2D eigenvalue weighted by Gasteiger charge is -2.18. The highest BCUT2D eigenvalue weighted by molar-refractivity contribution is 6.27. The number of pyridine rings is 2. The zero-order valence-corrected chi connectivity index (χ0v) is 28.2. The minimum absolute atomic E-state index is 0.928. The van der Waals surface area contributed by atoms with Gasteiger partial charge < -0.3 is 0 Å². The van der Waals surface area contributed by atoms with Crippen molar-refractivity contribution in [3.8, 4) is 33.4 Å². The van der Waals surface area contributed by atoms with Gasteiger partial charge in [-0.15, -0.1) is 0 Å². The van der Waals surface area contributed by atoms with Gasteiger partial charge in [0, 0.05) is 28.7 Å². The van der Waals surface area contributed by atoms with E-state index in [-0.39, 0.29) is 0 Å². The summed E-state index contributed by atoms with van der Waals surface area (Å²) >= 11 is 0. The Balaban J connectivity index is 1.23. The molecule has 0 bridgehead atoms. The average molecular weight is 659 g/mol. The molecule has 11 aromatic rings. The van der Waals surface area contributed by atoms with Crippen molar-refractivity contribution < 1.29 is 0 Å². The maximum atomic E-state index is 5.03. The number of fused-ring (bicyclic) bond motifs is 10. The van der Waals surface area contributed by atoms with Crippen LogP contribution >= 0.6 is 0 Å². The zero-order chi connectivity index (χ0) is 34.2. The summed E-state index contributed by atoms with van der Waals surface area (Å²) in [5.41, 5.74) is 9.03. The van der Waals surface area contributed by atoms with E-state index in [0.29, 0.717) is 0 Å². The van der Waals surface area contributed by atoms with E-state index in [1.807, 2.05) is 18.5 Å². The van der Waals surface area contributed by atoms with E-state index in [1.165, 1.54) is 81.7 Å². The minimum Gasteiger partial charge on any atom is -0.254 e. The molecule has 0 spiro atoms. The molecule has 0 aliphatic rings. The van der Waals surface area contributed by atoms with Crippen LogP contribution in [0.2, 0.25) is 0 Å². The summed E-state index contributed by atoms with van der Waals surface area (Å²) in [6, 6.07) is 62.1. The Bertz CT molecular complexity index is 3240. The maximum Gasteiger partial charge on any atom is 0.0964 e. The molecule has 0 radical (unpaired) electrons. The number of nitrogens with zero attached hydrogens (tertiary/aromatic N) is 2. The molecule has 0 amide bonds. The first-order valence-electron chi connectivity index (χ1n) is 17.8. The van der Waals surface area contributed by atoms with Crippen molar-refractivity contribution in [2.75, 3.05) is 0 Å². The lowest BCUT2D eigenvalue weighted by molar-refractivity contribution is 1.37. The Morgan fingerprint density at radius 2 is 0.923 bits per heavy atom. The van der Waals surface area contributed by atoms with E-state index in [1.54, 1.807) is 0 Å². The van der Waals surface area contributed by atoms with Crippen LogP contribution in [0.1, 0.15) is 0 Å². The first-order valence-corrected chi connectivity index (χ1v) is 17.8. The van der Waals surface area contributed by atoms with Gasteiger partial charge in [-0.1, -0.05) is 133 Å². The van der Waals surface area contributed by atoms with Gasteiger partial charge in [0.1, 0.15) is 0 Å². The minimum atomic E-state index is 0.928. The van der Waals surface area contributed by atoms with Crippen LogP contribution in [0, 0.1) is 0 Å². The quantitative estimate of drug-likeness (QED) is 0.177. The molecule has 9 aromatic carbocycles. The molecular formula is C50H30N2. The van der Waals surface area contributed by atoms with Crippen LogP contribution in [0.25, 0.3) is 109 Å². The summed E-state index contributed by atoms with van der Waals surface area (Å²) in [4.78, 5) is 9.70. The molecule has 11 rings (SSSR count). The topological polar surface area (TPSA) is 25.8 Å². The van der Waals surface area contributed by atoms with Crippen LogP contribution in [-0.2, 0) is 0 Å². The molecule has 2 aromatic heterocycles. The zero-order valence-electron chi connectivity index (χ0n) is 28.2. The van der Waals surface area contributed by atoms with Crippen LogP contribution in [0.4, 0.5) is 0 Å². The van der Waals surface area contributed by atoms with Gasteiger partial charge in [0.25, 0.3) is 0 Å². The molecule has 2 heteroatoms. The Kier molecular flexibility index (Phi) is 6.28.